The number of nitrogen functional groups attached to an aromatic ring is 1. The number of nitrogens with two attached hydrogens (primary N) is 1. The number of hydrogen-bond acceptors (Lipinski definition) is 4. The van der Waals surface area contributed by atoms with Gasteiger partial charge in [-0.1, -0.05) is 57.2 Å². The van der Waals surface area contributed by atoms with Gasteiger partial charge in [-0.05, 0) is 41.8 Å². The van der Waals surface area contributed by atoms with Crippen LogP contribution in [0, 0.1) is 0 Å². The van der Waals surface area contributed by atoms with Gasteiger partial charge in [0.1, 0.15) is 11.6 Å². The smallest absolute Gasteiger partial charge is 0.229 e. The largest absolute Gasteiger partial charge is 0.547 e. The van der Waals surface area contributed by atoms with Crippen molar-refractivity contribution >= 4 is 14.9 Å². The van der Waals surface area contributed by atoms with Gasteiger partial charge in [0.25, 0.3) is 0 Å². The van der Waals surface area contributed by atoms with Crippen LogP contribution in [0.25, 0.3) is 11.3 Å². The number of nitrogens with zero attached hydrogens (tertiary/aromatic N) is 2. The summed E-state index contributed by atoms with van der Waals surface area (Å²) in [6.45, 7) is 11.0. The van der Waals surface area contributed by atoms with Gasteiger partial charge in [0.15, 0.2) is 0 Å². The van der Waals surface area contributed by atoms with E-state index >= 15 is 0 Å². The predicted molar refractivity (Wildman–Crippen MR) is 119 cm³/mol. The third kappa shape index (κ3) is 4.78. The first kappa shape index (κ1) is 20.1. The molecule has 5 heteroatoms. The molecule has 0 saturated carbocycles. The number of rotatable bonds is 5. The first-order chi connectivity index (χ1) is 13.2. The van der Waals surface area contributed by atoms with Crippen LogP contribution in [0.2, 0.25) is 13.1 Å². The van der Waals surface area contributed by atoms with E-state index in [9.17, 15) is 0 Å². The number of benzene rings is 2. The molecule has 3 rings (SSSR count). The molecule has 0 fully saturated rings. The van der Waals surface area contributed by atoms with Crippen molar-refractivity contribution in [3.63, 3.8) is 0 Å². The molecule has 0 bridgehead atoms. The van der Waals surface area contributed by atoms with Gasteiger partial charge >= 0.3 is 0 Å². The average Bonchev–Trinajstić information content (AvgIpc) is 2.63. The molecule has 0 aliphatic rings. The number of hydrogen-bond donors (Lipinski definition) is 1. The molecule has 0 amide bonds. The molecule has 3 aromatic rings. The highest BCUT2D eigenvalue weighted by Crippen LogP contribution is 2.34. The van der Waals surface area contributed by atoms with Crippen molar-refractivity contribution < 1.29 is 4.43 Å². The molecule has 0 spiro atoms. The Kier molecular flexibility index (Phi) is 5.84. The topological polar surface area (TPSA) is 61.0 Å². The van der Waals surface area contributed by atoms with Crippen molar-refractivity contribution in [1.82, 2.24) is 9.97 Å². The highest BCUT2D eigenvalue weighted by atomic mass is 28.3. The molecule has 0 radical (unpaired) electrons. The molecule has 4 nitrogen and oxygen atoms in total. The highest BCUT2D eigenvalue weighted by molar-refractivity contribution is 6.49. The molecule has 0 saturated heterocycles. The predicted octanol–water partition coefficient (Wildman–Crippen LogP) is 4.98. The van der Waals surface area contributed by atoms with Crippen LogP contribution in [-0.4, -0.2) is 19.0 Å². The average molecular weight is 392 g/mol. The Morgan fingerprint density at radius 3 is 2.39 bits per heavy atom. The van der Waals surface area contributed by atoms with Crippen LogP contribution in [0.4, 0.5) is 5.82 Å². The van der Waals surface area contributed by atoms with Gasteiger partial charge in [0.2, 0.25) is 9.04 Å². The van der Waals surface area contributed by atoms with Crippen LogP contribution in [0.3, 0.4) is 0 Å². The van der Waals surface area contributed by atoms with E-state index in [0.717, 1.165) is 28.3 Å². The van der Waals surface area contributed by atoms with E-state index < -0.39 is 9.04 Å². The SMILES string of the molecule is C[SiH](C)Oc1cc(C(C)(C)C)ccc1-c1cnc(N)c(Cc2ccccc2)n1. The first-order valence-electron chi connectivity index (χ1n) is 9.71. The van der Waals surface area contributed by atoms with Crippen molar-refractivity contribution in [3.05, 3.63) is 71.5 Å². The lowest BCUT2D eigenvalue weighted by Crippen LogP contribution is -2.15. The second kappa shape index (κ2) is 8.15. The maximum atomic E-state index is 6.26. The molecule has 2 aromatic carbocycles. The normalized spacial score (nSPS) is 11.6. The molecule has 0 aliphatic carbocycles. The fourth-order valence-corrected chi connectivity index (χ4v) is 3.74. The maximum Gasteiger partial charge on any atom is 0.229 e. The van der Waals surface area contributed by atoms with E-state index in [4.69, 9.17) is 15.1 Å². The Hall–Kier alpha value is -2.66. The zero-order valence-electron chi connectivity index (χ0n) is 17.4. The Morgan fingerprint density at radius 2 is 1.75 bits per heavy atom. The summed E-state index contributed by atoms with van der Waals surface area (Å²) in [5.74, 6) is 1.36. The van der Waals surface area contributed by atoms with Crippen LogP contribution >= 0.6 is 0 Å². The Bertz CT molecular complexity index is 950. The first-order valence-corrected chi connectivity index (χ1v) is 12.5. The Balaban J connectivity index is 2.03. The van der Waals surface area contributed by atoms with Crippen molar-refractivity contribution in [1.29, 1.82) is 0 Å². The second-order valence-electron chi connectivity index (χ2n) is 8.38. The summed E-state index contributed by atoms with van der Waals surface area (Å²) in [7, 11) is -1.27. The van der Waals surface area contributed by atoms with Crippen molar-refractivity contribution in [2.24, 2.45) is 0 Å². The lowest BCUT2D eigenvalue weighted by atomic mass is 9.86. The summed E-state index contributed by atoms with van der Waals surface area (Å²) < 4.78 is 6.26. The van der Waals surface area contributed by atoms with Crippen LogP contribution in [0.1, 0.15) is 37.6 Å². The zero-order valence-corrected chi connectivity index (χ0v) is 18.5. The molecule has 146 valence electrons. The van der Waals surface area contributed by atoms with Crippen LogP contribution < -0.4 is 10.2 Å². The van der Waals surface area contributed by atoms with Gasteiger partial charge in [-0.3, -0.25) is 0 Å². The van der Waals surface area contributed by atoms with Crippen LogP contribution in [-0.2, 0) is 11.8 Å². The van der Waals surface area contributed by atoms with Crippen LogP contribution in [0.5, 0.6) is 5.75 Å². The van der Waals surface area contributed by atoms with Gasteiger partial charge in [0, 0.05) is 12.0 Å². The lowest BCUT2D eigenvalue weighted by Gasteiger charge is -2.22. The Morgan fingerprint density at radius 1 is 1.04 bits per heavy atom. The van der Waals surface area contributed by atoms with Crippen molar-refractivity contribution in [3.8, 4) is 17.0 Å². The zero-order chi connectivity index (χ0) is 20.3. The summed E-state index contributed by atoms with van der Waals surface area (Å²) in [6.07, 6.45) is 2.40. The highest BCUT2D eigenvalue weighted by Gasteiger charge is 2.19. The molecule has 1 heterocycles. The summed E-state index contributed by atoms with van der Waals surface area (Å²) in [6, 6.07) is 16.6. The maximum absolute atomic E-state index is 6.26. The molecule has 0 atom stereocenters. The minimum absolute atomic E-state index is 0.0560. The Labute approximate surface area is 169 Å². The van der Waals surface area contributed by atoms with E-state index in [1.165, 1.54) is 5.56 Å². The van der Waals surface area contributed by atoms with Gasteiger partial charge in [-0.2, -0.15) is 0 Å². The molecule has 2 N–H and O–H groups in total. The fourth-order valence-electron chi connectivity index (χ4n) is 3.04. The standard InChI is InChI=1S/C23H29N3OSi/c1-23(2,3)17-11-12-18(21(14-17)27-28(4)5)20-15-25-22(24)19(26-20)13-16-9-7-6-8-10-16/h6-12,14-15,28H,13H2,1-5H3,(H2,24,25). The summed E-state index contributed by atoms with van der Waals surface area (Å²) in [5.41, 5.74) is 11.1. The van der Waals surface area contributed by atoms with E-state index in [2.05, 4.69) is 69.2 Å². The number of anilines is 1. The van der Waals surface area contributed by atoms with Gasteiger partial charge in [-0.25, -0.2) is 9.97 Å². The molecule has 0 unspecified atom stereocenters. The number of aromatic nitrogens is 2. The molecule has 1 aromatic heterocycles. The quantitative estimate of drug-likeness (QED) is 0.623. The summed E-state index contributed by atoms with van der Waals surface area (Å²) >= 11 is 0. The third-order valence-corrected chi connectivity index (χ3v) is 5.30. The monoisotopic (exact) mass is 391 g/mol. The van der Waals surface area contributed by atoms with E-state index in [-0.39, 0.29) is 5.41 Å². The van der Waals surface area contributed by atoms with Crippen molar-refractivity contribution in [2.45, 2.75) is 45.7 Å². The van der Waals surface area contributed by atoms with Gasteiger partial charge < -0.3 is 10.2 Å². The summed E-state index contributed by atoms with van der Waals surface area (Å²) in [4.78, 5) is 9.26. The molecular formula is C23H29N3OSi. The molecule has 28 heavy (non-hydrogen) atoms. The third-order valence-electron chi connectivity index (χ3n) is 4.58. The summed E-state index contributed by atoms with van der Waals surface area (Å²) in [5, 5.41) is 0. The minimum atomic E-state index is -1.27. The van der Waals surface area contributed by atoms with Crippen molar-refractivity contribution in [2.75, 3.05) is 5.73 Å². The molecule has 0 aliphatic heterocycles. The van der Waals surface area contributed by atoms with Gasteiger partial charge in [-0.15, -0.1) is 0 Å². The minimum Gasteiger partial charge on any atom is -0.547 e. The van der Waals surface area contributed by atoms with E-state index in [0.29, 0.717) is 12.2 Å². The fraction of sp³-hybridized carbons (Fsp3) is 0.304. The molecular weight excluding hydrogens is 362 g/mol. The lowest BCUT2D eigenvalue weighted by molar-refractivity contribution is 0.562. The van der Waals surface area contributed by atoms with Gasteiger partial charge in [0.05, 0.1) is 17.6 Å². The van der Waals surface area contributed by atoms with E-state index in [1.807, 2.05) is 18.2 Å². The van der Waals surface area contributed by atoms with E-state index in [1.54, 1.807) is 6.20 Å². The second-order valence-corrected chi connectivity index (χ2v) is 10.7. The van der Waals surface area contributed by atoms with Crippen LogP contribution in [0.15, 0.2) is 54.7 Å².